The van der Waals surface area contributed by atoms with E-state index < -0.39 is 0 Å². The third-order valence-corrected chi connectivity index (χ3v) is 5.99. The van der Waals surface area contributed by atoms with Crippen LogP contribution in [0.2, 0.25) is 0 Å². The first-order valence-corrected chi connectivity index (χ1v) is 10.1. The Hall–Kier alpha value is -3.46. The van der Waals surface area contributed by atoms with Crippen LogP contribution in [0.5, 0.6) is 11.5 Å². The Morgan fingerprint density at radius 1 is 1.03 bits per heavy atom. The van der Waals surface area contributed by atoms with Gasteiger partial charge in [0.1, 0.15) is 11.6 Å². The number of rotatable bonds is 6. The molecule has 154 valence electrons. The first-order valence-electron chi connectivity index (χ1n) is 9.33. The number of ether oxygens (including phenoxy) is 2. The summed E-state index contributed by atoms with van der Waals surface area (Å²) in [6.07, 6.45) is 3.47. The molecule has 0 saturated carbocycles. The number of aryl methyl sites for hydroxylation is 1. The summed E-state index contributed by atoms with van der Waals surface area (Å²) in [5.74, 6) is 2.96. The lowest BCUT2D eigenvalue weighted by Crippen LogP contribution is -2.08. The number of thiophene rings is 1. The lowest BCUT2D eigenvalue weighted by molar-refractivity contribution is 0.356. The first-order chi connectivity index (χ1) is 14.5. The van der Waals surface area contributed by atoms with E-state index in [2.05, 4.69) is 44.3 Å². The molecule has 9 heteroatoms. The van der Waals surface area contributed by atoms with Crippen LogP contribution < -0.4 is 20.5 Å². The van der Waals surface area contributed by atoms with Crippen molar-refractivity contribution in [3.8, 4) is 21.9 Å². The van der Waals surface area contributed by atoms with Crippen LogP contribution in [0.4, 0.5) is 11.8 Å². The van der Waals surface area contributed by atoms with E-state index in [1.807, 2.05) is 19.1 Å². The normalized spacial score (nSPS) is 12.0. The zero-order chi connectivity index (χ0) is 21.3. The Balaban J connectivity index is 1.66. The van der Waals surface area contributed by atoms with Crippen molar-refractivity contribution >= 4 is 34.0 Å². The van der Waals surface area contributed by atoms with Crippen molar-refractivity contribution in [2.45, 2.75) is 19.9 Å². The van der Waals surface area contributed by atoms with E-state index in [0.29, 0.717) is 17.3 Å². The molecule has 0 saturated heterocycles. The molecule has 4 aromatic rings. The Morgan fingerprint density at radius 3 is 2.43 bits per heavy atom. The number of benzene rings is 1. The van der Waals surface area contributed by atoms with Gasteiger partial charge in [-0.25, -0.2) is 19.9 Å². The molecule has 8 nitrogen and oxygen atoms in total. The van der Waals surface area contributed by atoms with Crippen LogP contribution in [0.25, 0.3) is 21.3 Å². The zero-order valence-corrected chi connectivity index (χ0v) is 17.9. The Morgan fingerprint density at radius 2 is 1.73 bits per heavy atom. The molecule has 1 aromatic carbocycles. The molecule has 0 radical (unpaired) electrons. The highest BCUT2D eigenvalue weighted by Crippen LogP contribution is 2.36. The van der Waals surface area contributed by atoms with Gasteiger partial charge in [0, 0.05) is 39.2 Å². The number of hydrogen-bond donors (Lipinski definition) is 2. The molecule has 0 bridgehead atoms. The fourth-order valence-electron chi connectivity index (χ4n) is 3.16. The number of nitrogens with zero attached hydrogens (tertiary/aromatic N) is 4. The highest BCUT2D eigenvalue weighted by Gasteiger charge is 2.16. The van der Waals surface area contributed by atoms with E-state index in [1.165, 1.54) is 0 Å². The fraction of sp³-hybridized carbons (Fsp3) is 0.238. The molecule has 1 atom stereocenters. The van der Waals surface area contributed by atoms with Gasteiger partial charge in [0.05, 0.1) is 25.8 Å². The highest BCUT2D eigenvalue weighted by atomic mass is 32.1. The molecule has 0 amide bonds. The third-order valence-electron chi connectivity index (χ3n) is 4.68. The van der Waals surface area contributed by atoms with E-state index in [-0.39, 0.29) is 12.0 Å². The molecular weight excluding hydrogens is 400 g/mol. The molecule has 0 unspecified atom stereocenters. The molecule has 0 aliphatic rings. The van der Waals surface area contributed by atoms with Gasteiger partial charge in [-0.05, 0) is 32.0 Å². The number of nitrogen functional groups attached to an aromatic ring is 1. The SMILES string of the molecule is COc1cc2nc(C)nc(N[C@@H](C)c3ccc(-c4cnc(N)nc4)s3)c2cc1OC. The van der Waals surface area contributed by atoms with Gasteiger partial charge >= 0.3 is 0 Å². The molecule has 3 aromatic heterocycles. The molecule has 3 N–H and O–H groups in total. The highest BCUT2D eigenvalue weighted by molar-refractivity contribution is 7.15. The minimum Gasteiger partial charge on any atom is -0.493 e. The van der Waals surface area contributed by atoms with Crippen LogP contribution in [-0.2, 0) is 0 Å². The largest absolute Gasteiger partial charge is 0.493 e. The summed E-state index contributed by atoms with van der Waals surface area (Å²) in [6, 6.07) is 7.94. The van der Waals surface area contributed by atoms with Crippen LogP contribution in [0.1, 0.15) is 23.7 Å². The molecule has 0 fully saturated rings. The second kappa shape index (κ2) is 8.11. The van der Waals surface area contributed by atoms with Crippen molar-refractivity contribution in [2.75, 3.05) is 25.3 Å². The van der Waals surface area contributed by atoms with E-state index in [1.54, 1.807) is 38.0 Å². The molecule has 3 heterocycles. The number of fused-ring (bicyclic) bond motifs is 1. The van der Waals surface area contributed by atoms with Crippen molar-refractivity contribution < 1.29 is 9.47 Å². The van der Waals surface area contributed by atoms with Gasteiger partial charge in [0.15, 0.2) is 11.5 Å². The Bertz CT molecular complexity index is 1190. The molecular formula is C21H22N6O2S. The minimum atomic E-state index is 0.0315. The summed E-state index contributed by atoms with van der Waals surface area (Å²) in [4.78, 5) is 19.5. The van der Waals surface area contributed by atoms with Crippen LogP contribution >= 0.6 is 11.3 Å². The number of nitrogens with two attached hydrogens (primary N) is 1. The Labute approximate surface area is 178 Å². The van der Waals surface area contributed by atoms with Gasteiger partial charge in [0.2, 0.25) is 5.95 Å². The van der Waals surface area contributed by atoms with Gasteiger partial charge in [-0.2, -0.15) is 0 Å². The monoisotopic (exact) mass is 422 g/mol. The Kier molecular flexibility index (Phi) is 5.37. The zero-order valence-electron chi connectivity index (χ0n) is 17.1. The number of hydrogen-bond acceptors (Lipinski definition) is 9. The first kappa shape index (κ1) is 19.8. The quantitative estimate of drug-likeness (QED) is 0.475. The van der Waals surface area contributed by atoms with Crippen LogP contribution in [-0.4, -0.2) is 34.2 Å². The van der Waals surface area contributed by atoms with Crippen LogP contribution in [0, 0.1) is 6.92 Å². The summed E-state index contributed by atoms with van der Waals surface area (Å²) in [5.41, 5.74) is 7.31. The van der Waals surface area contributed by atoms with Gasteiger partial charge < -0.3 is 20.5 Å². The molecule has 0 spiro atoms. The summed E-state index contributed by atoms with van der Waals surface area (Å²) >= 11 is 1.67. The minimum absolute atomic E-state index is 0.0315. The lowest BCUT2D eigenvalue weighted by Gasteiger charge is -2.16. The average molecular weight is 423 g/mol. The van der Waals surface area contributed by atoms with Crippen LogP contribution in [0.3, 0.4) is 0 Å². The second-order valence-corrected chi connectivity index (χ2v) is 7.86. The average Bonchev–Trinajstić information content (AvgIpc) is 3.23. The summed E-state index contributed by atoms with van der Waals surface area (Å²) in [7, 11) is 3.22. The predicted molar refractivity (Wildman–Crippen MR) is 119 cm³/mol. The maximum atomic E-state index is 5.58. The van der Waals surface area contributed by atoms with Crippen molar-refractivity contribution in [3.05, 3.63) is 47.4 Å². The van der Waals surface area contributed by atoms with E-state index in [0.717, 1.165) is 32.0 Å². The van der Waals surface area contributed by atoms with Gasteiger partial charge in [-0.15, -0.1) is 11.3 Å². The summed E-state index contributed by atoms with van der Waals surface area (Å²) in [6.45, 7) is 3.97. The second-order valence-electron chi connectivity index (χ2n) is 6.74. The number of anilines is 2. The van der Waals surface area contributed by atoms with Crippen molar-refractivity contribution in [2.24, 2.45) is 0 Å². The third kappa shape index (κ3) is 3.84. The topological polar surface area (TPSA) is 108 Å². The standard InChI is InChI=1S/C21H22N6O2S/c1-11(18-5-6-19(30-18)13-9-23-21(22)24-10-13)25-20-14-7-16(28-3)17(29-4)8-15(14)26-12(2)27-20/h5-11H,1-4H3,(H2,22,23,24)(H,25,26,27)/t11-/m0/s1. The molecule has 30 heavy (non-hydrogen) atoms. The van der Waals surface area contributed by atoms with Crippen molar-refractivity contribution in [3.63, 3.8) is 0 Å². The molecule has 0 aliphatic heterocycles. The maximum absolute atomic E-state index is 5.58. The van der Waals surface area contributed by atoms with E-state index in [9.17, 15) is 0 Å². The van der Waals surface area contributed by atoms with Crippen molar-refractivity contribution in [1.82, 2.24) is 19.9 Å². The van der Waals surface area contributed by atoms with E-state index in [4.69, 9.17) is 15.2 Å². The molecule has 4 rings (SSSR count). The smallest absolute Gasteiger partial charge is 0.219 e. The lowest BCUT2D eigenvalue weighted by atomic mass is 10.2. The van der Waals surface area contributed by atoms with Gasteiger partial charge in [-0.1, -0.05) is 0 Å². The maximum Gasteiger partial charge on any atom is 0.219 e. The number of methoxy groups -OCH3 is 2. The fourth-order valence-corrected chi connectivity index (χ4v) is 4.15. The predicted octanol–water partition coefficient (Wildman–Crippen LogP) is 4.23. The number of aromatic nitrogens is 4. The van der Waals surface area contributed by atoms with Crippen molar-refractivity contribution in [1.29, 1.82) is 0 Å². The van der Waals surface area contributed by atoms with Gasteiger partial charge in [-0.3, -0.25) is 0 Å². The van der Waals surface area contributed by atoms with Crippen LogP contribution in [0.15, 0.2) is 36.7 Å². The summed E-state index contributed by atoms with van der Waals surface area (Å²) < 4.78 is 10.9. The number of nitrogens with one attached hydrogen (secondary N) is 1. The molecule has 0 aliphatic carbocycles. The summed E-state index contributed by atoms with van der Waals surface area (Å²) in [5, 5.41) is 4.39. The van der Waals surface area contributed by atoms with Gasteiger partial charge in [0.25, 0.3) is 0 Å². The van der Waals surface area contributed by atoms with E-state index >= 15 is 0 Å².